The third kappa shape index (κ3) is 2.50. The smallest absolute Gasteiger partial charge is 0.163 e. The summed E-state index contributed by atoms with van der Waals surface area (Å²) >= 11 is 3.45. The number of fused-ring (bicyclic) bond motifs is 5. The predicted octanol–water partition coefficient (Wildman–Crippen LogP) is 3.62. The van der Waals surface area contributed by atoms with Crippen LogP contribution < -0.4 is 5.73 Å². The number of pyridine rings is 1. The summed E-state index contributed by atoms with van der Waals surface area (Å²) in [5.41, 5.74) is 7.05. The van der Waals surface area contributed by atoms with E-state index in [0.29, 0.717) is 22.8 Å². The lowest BCUT2D eigenvalue weighted by Gasteiger charge is -2.42. The number of hydrogen-bond acceptors (Lipinski definition) is 5. The first kappa shape index (κ1) is 16.8. The predicted molar refractivity (Wildman–Crippen MR) is 94.6 cm³/mol. The number of aromatic nitrogens is 1. The Hall–Kier alpha value is -0.690. The molecule has 0 spiro atoms. The fourth-order valence-corrected chi connectivity index (χ4v) is 5.15. The Balaban J connectivity index is 1.68. The first-order valence-electron chi connectivity index (χ1n) is 8.56. The van der Waals surface area contributed by atoms with Gasteiger partial charge < -0.3 is 19.9 Å². The second kappa shape index (κ2) is 5.16. The van der Waals surface area contributed by atoms with Crippen molar-refractivity contribution in [3.05, 3.63) is 22.4 Å². The number of halogens is 1. The molecule has 0 aromatic carbocycles. The summed E-state index contributed by atoms with van der Waals surface area (Å²) in [6.07, 6.45) is 1.86. The van der Waals surface area contributed by atoms with Crippen LogP contribution in [0, 0.1) is 5.92 Å². The second-order valence-corrected chi connectivity index (χ2v) is 9.06. The van der Waals surface area contributed by atoms with Crippen molar-refractivity contribution in [3.63, 3.8) is 0 Å². The molecule has 24 heavy (non-hydrogen) atoms. The standard InChI is InChI=1S/C18H25BrN2O3/c1-16(2)22-9-11-14(23-16)18(4)8-10(7-17(11,3)24-18)13-6-5-12(20)15(19)21-13/h5-6,10-11,14H,7-9,20H2,1-4H3/t10-,11-,14+,17+,18-/m0/s1. The second-order valence-electron chi connectivity index (χ2n) is 8.30. The van der Waals surface area contributed by atoms with Gasteiger partial charge in [0.2, 0.25) is 0 Å². The van der Waals surface area contributed by atoms with Gasteiger partial charge in [-0.1, -0.05) is 0 Å². The third-order valence-corrected chi connectivity index (χ3v) is 6.50. The number of anilines is 1. The molecule has 2 bridgehead atoms. The zero-order chi connectivity index (χ0) is 17.3. The average molecular weight is 397 g/mol. The fourth-order valence-electron chi connectivity index (χ4n) is 4.81. The number of nitrogens with zero attached hydrogens (tertiary/aromatic N) is 1. The lowest BCUT2D eigenvalue weighted by atomic mass is 9.81. The molecule has 5 atom stereocenters. The zero-order valence-corrected chi connectivity index (χ0v) is 16.2. The average Bonchev–Trinajstić information content (AvgIpc) is 2.62. The van der Waals surface area contributed by atoms with Crippen LogP contribution >= 0.6 is 15.9 Å². The van der Waals surface area contributed by atoms with Crippen molar-refractivity contribution in [2.75, 3.05) is 12.3 Å². The molecule has 132 valence electrons. The molecule has 4 rings (SSSR count). The van der Waals surface area contributed by atoms with Gasteiger partial charge in [0.25, 0.3) is 0 Å². The van der Waals surface area contributed by atoms with Crippen LogP contribution in [0.2, 0.25) is 0 Å². The first-order valence-corrected chi connectivity index (χ1v) is 9.35. The van der Waals surface area contributed by atoms with Gasteiger partial charge in [0.15, 0.2) is 5.79 Å². The molecule has 2 N–H and O–H groups in total. The van der Waals surface area contributed by atoms with Crippen LogP contribution in [0.25, 0.3) is 0 Å². The van der Waals surface area contributed by atoms with Crippen molar-refractivity contribution >= 4 is 21.6 Å². The minimum atomic E-state index is -0.556. The number of ether oxygens (including phenoxy) is 3. The van der Waals surface area contributed by atoms with E-state index in [0.717, 1.165) is 18.5 Å². The summed E-state index contributed by atoms with van der Waals surface area (Å²) in [4.78, 5) is 4.67. The van der Waals surface area contributed by atoms with Crippen LogP contribution in [-0.4, -0.2) is 34.7 Å². The van der Waals surface area contributed by atoms with E-state index in [1.807, 2.05) is 26.0 Å². The Morgan fingerprint density at radius 3 is 2.58 bits per heavy atom. The van der Waals surface area contributed by atoms with Crippen LogP contribution in [0.15, 0.2) is 16.7 Å². The Morgan fingerprint density at radius 1 is 1.17 bits per heavy atom. The molecule has 5 nitrogen and oxygen atoms in total. The van der Waals surface area contributed by atoms with Crippen molar-refractivity contribution in [1.82, 2.24) is 4.98 Å². The molecule has 0 aliphatic carbocycles. The molecule has 3 aliphatic heterocycles. The topological polar surface area (TPSA) is 66.6 Å². The van der Waals surface area contributed by atoms with Gasteiger partial charge >= 0.3 is 0 Å². The molecule has 1 aromatic rings. The zero-order valence-electron chi connectivity index (χ0n) is 14.6. The van der Waals surface area contributed by atoms with Gasteiger partial charge in [-0.2, -0.15) is 0 Å². The van der Waals surface area contributed by atoms with Crippen molar-refractivity contribution in [1.29, 1.82) is 0 Å². The van der Waals surface area contributed by atoms with Gasteiger partial charge in [-0.3, -0.25) is 0 Å². The van der Waals surface area contributed by atoms with E-state index in [-0.39, 0.29) is 23.2 Å². The molecule has 1 aromatic heterocycles. The maximum absolute atomic E-state index is 6.55. The maximum atomic E-state index is 6.55. The molecule has 0 unspecified atom stereocenters. The highest BCUT2D eigenvalue weighted by molar-refractivity contribution is 9.10. The highest BCUT2D eigenvalue weighted by atomic mass is 79.9. The minimum absolute atomic E-state index is 0.0495. The molecule has 4 heterocycles. The van der Waals surface area contributed by atoms with Gasteiger partial charge in [-0.05, 0) is 68.6 Å². The van der Waals surface area contributed by atoms with Crippen LogP contribution in [-0.2, 0) is 14.2 Å². The summed E-state index contributed by atoms with van der Waals surface area (Å²) in [5.74, 6) is 0.0139. The van der Waals surface area contributed by atoms with Crippen molar-refractivity contribution in [3.8, 4) is 0 Å². The van der Waals surface area contributed by atoms with Crippen LogP contribution in [0.1, 0.15) is 52.1 Å². The lowest BCUT2D eigenvalue weighted by molar-refractivity contribution is -0.299. The van der Waals surface area contributed by atoms with E-state index >= 15 is 0 Å². The maximum Gasteiger partial charge on any atom is 0.163 e. The molecular weight excluding hydrogens is 372 g/mol. The van der Waals surface area contributed by atoms with Crippen molar-refractivity contribution in [2.24, 2.45) is 5.92 Å². The number of hydrogen-bond donors (Lipinski definition) is 1. The molecule has 3 fully saturated rings. The van der Waals surface area contributed by atoms with E-state index in [4.69, 9.17) is 19.9 Å². The molecule has 0 radical (unpaired) electrons. The van der Waals surface area contributed by atoms with Crippen molar-refractivity contribution in [2.45, 2.75) is 69.5 Å². The number of nitrogens with two attached hydrogens (primary N) is 1. The minimum Gasteiger partial charge on any atom is -0.397 e. The highest BCUT2D eigenvalue weighted by Crippen LogP contribution is 2.58. The Morgan fingerprint density at radius 2 is 1.88 bits per heavy atom. The lowest BCUT2D eigenvalue weighted by Crippen LogP contribution is -2.52. The summed E-state index contributed by atoms with van der Waals surface area (Å²) in [6, 6.07) is 3.96. The monoisotopic (exact) mass is 396 g/mol. The van der Waals surface area contributed by atoms with Gasteiger partial charge in [-0.25, -0.2) is 4.98 Å². The Kier molecular flexibility index (Phi) is 3.60. The SMILES string of the molecule is CC1(C)OC[C@H]2[C@@H](O1)[C@]1(C)C[C@@H](c3ccc(N)c(Br)n3)C[C@@]2(C)O1. The summed E-state index contributed by atoms with van der Waals surface area (Å²) in [6.45, 7) is 9.01. The summed E-state index contributed by atoms with van der Waals surface area (Å²) in [7, 11) is 0. The highest BCUT2D eigenvalue weighted by Gasteiger charge is 2.65. The molecule has 6 heteroatoms. The normalized spacial score (nSPS) is 43.5. The van der Waals surface area contributed by atoms with E-state index in [1.165, 1.54) is 0 Å². The van der Waals surface area contributed by atoms with Crippen LogP contribution in [0.5, 0.6) is 0 Å². The fraction of sp³-hybridized carbons (Fsp3) is 0.722. The van der Waals surface area contributed by atoms with Crippen LogP contribution in [0.3, 0.4) is 0 Å². The molecule has 0 amide bonds. The van der Waals surface area contributed by atoms with E-state index < -0.39 is 5.79 Å². The van der Waals surface area contributed by atoms with Gasteiger partial charge in [0.05, 0.1) is 29.6 Å². The van der Waals surface area contributed by atoms with Gasteiger partial charge in [0, 0.05) is 17.5 Å². The first-order chi connectivity index (χ1) is 11.1. The third-order valence-electron chi connectivity index (χ3n) is 5.86. The van der Waals surface area contributed by atoms with Crippen molar-refractivity contribution < 1.29 is 14.2 Å². The van der Waals surface area contributed by atoms with E-state index in [1.54, 1.807) is 0 Å². The van der Waals surface area contributed by atoms with Crippen LogP contribution in [0.4, 0.5) is 5.69 Å². The molecule has 3 saturated heterocycles. The molecule has 3 aliphatic rings. The quantitative estimate of drug-likeness (QED) is 0.734. The molecule has 0 saturated carbocycles. The van der Waals surface area contributed by atoms with E-state index in [2.05, 4.69) is 34.8 Å². The molecular formula is C18H25BrN2O3. The van der Waals surface area contributed by atoms with Gasteiger partial charge in [-0.15, -0.1) is 0 Å². The Labute approximate surface area is 151 Å². The summed E-state index contributed by atoms with van der Waals surface area (Å²) < 4.78 is 19.5. The van der Waals surface area contributed by atoms with Gasteiger partial charge in [0.1, 0.15) is 4.60 Å². The number of nitrogen functional groups attached to an aromatic ring is 1. The largest absolute Gasteiger partial charge is 0.397 e. The summed E-state index contributed by atoms with van der Waals surface area (Å²) in [5, 5.41) is 0. The Bertz CT molecular complexity index is 682. The number of rotatable bonds is 1. The van der Waals surface area contributed by atoms with E-state index in [9.17, 15) is 0 Å².